The van der Waals surface area contributed by atoms with E-state index in [1.54, 1.807) is 0 Å². The average molecular weight is 272 g/mol. The van der Waals surface area contributed by atoms with Crippen molar-refractivity contribution in [1.82, 2.24) is 9.80 Å². The number of fused-ring (bicyclic) bond motifs is 3. The van der Waals surface area contributed by atoms with Crippen LogP contribution in [0, 0.1) is 0 Å². The summed E-state index contributed by atoms with van der Waals surface area (Å²) in [7, 11) is 2.28. The summed E-state index contributed by atoms with van der Waals surface area (Å²) in [6, 6.07) is 10.2. The fraction of sp³-hybridized carbons (Fsp3) is 0.647. The fourth-order valence-corrected chi connectivity index (χ4v) is 4.52. The van der Waals surface area contributed by atoms with E-state index in [0.717, 1.165) is 31.1 Å². The van der Waals surface area contributed by atoms with Gasteiger partial charge in [0.2, 0.25) is 0 Å². The van der Waals surface area contributed by atoms with E-state index in [4.69, 9.17) is 0 Å². The van der Waals surface area contributed by atoms with Gasteiger partial charge in [-0.25, -0.2) is 0 Å². The maximum absolute atomic E-state index is 10.7. The molecule has 1 aromatic rings. The summed E-state index contributed by atoms with van der Waals surface area (Å²) >= 11 is 0. The second-order valence-electron chi connectivity index (χ2n) is 6.75. The van der Waals surface area contributed by atoms with Crippen molar-refractivity contribution in [1.29, 1.82) is 0 Å². The number of nitrogens with zero attached hydrogens (tertiary/aromatic N) is 2. The van der Waals surface area contributed by atoms with Crippen LogP contribution in [0.25, 0.3) is 0 Å². The summed E-state index contributed by atoms with van der Waals surface area (Å²) in [5.74, 6) is 0. The zero-order chi connectivity index (χ0) is 13.7. The lowest BCUT2D eigenvalue weighted by Gasteiger charge is -2.32. The molecule has 3 heteroatoms. The molecule has 20 heavy (non-hydrogen) atoms. The van der Waals surface area contributed by atoms with E-state index in [-0.39, 0.29) is 6.10 Å². The van der Waals surface area contributed by atoms with Crippen LogP contribution in [0.2, 0.25) is 0 Å². The summed E-state index contributed by atoms with van der Waals surface area (Å²) in [5, 5.41) is 10.7. The molecule has 2 saturated heterocycles. The number of hydrogen-bond donors (Lipinski definition) is 1. The van der Waals surface area contributed by atoms with Crippen molar-refractivity contribution in [2.45, 2.75) is 49.9 Å². The number of likely N-dealkylation sites (N-methyl/N-ethyl adjacent to an activating group) is 1. The first kappa shape index (κ1) is 12.8. The Morgan fingerprint density at radius 1 is 1.10 bits per heavy atom. The first-order chi connectivity index (χ1) is 9.74. The van der Waals surface area contributed by atoms with Gasteiger partial charge in [0.05, 0.1) is 6.10 Å². The van der Waals surface area contributed by atoms with Gasteiger partial charge in [-0.2, -0.15) is 0 Å². The van der Waals surface area contributed by atoms with Gasteiger partial charge in [-0.3, -0.25) is 9.80 Å². The molecule has 4 unspecified atom stereocenters. The lowest BCUT2D eigenvalue weighted by atomic mass is 10.0. The molecule has 2 heterocycles. The van der Waals surface area contributed by atoms with Crippen LogP contribution in [0.1, 0.15) is 36.5 Å². The van der Waals surface area contributed by atoms with Crippen molar-refractivity contribution in [3.63, 3.8) is 0 Å². The SMILES string of the molecule is CN1C2CCC1CN(C1Cc3ccccc3C1O)CC2. The van der Waals surface area contributed by atoms with Crippen LogP contribution in [0.3, 0.4) is 0 Å². The topological polar surface area (TPSA) is 26.7 Å². The summed E-state index contributed by atoms with van der Waals surface area (Å²) in [4.78, 5) is 5.14. The molecule has 1 aliphatic carbocycles. The van der Waals surface area contributed by atoms with Crippen molar-refractivity contribution in [3.8, 4) is 0 Å². The molecule has 2 bridgehead atoms. The van der Waals surface area contributed by atoms with Gasteiger partial charge in [0.25, 0.3) is 0 Å². The van der Waals surface area contributed by atoms with E-state index in [1.165, 1.54) is 24.8 Å². The van der Waals surface area contributed by atoms with Crippen LogP contribution < -0.4 is 0 Å². The Kier molecular flexibility index (Phi) is 3.09. The highest BCUT2D eigenvalue weighted by molar-refractivity contribution is 5.36. The van der Waals surface area contributed by atoms with E-state index in [0.29, 0.717) is 12.1 Å². The number of aliphatic hydroxyl groups excluding tert-OH is 1. The molecule has 0 spiro atoms. The highest BCUT2D eigenvalue weighted by Crippen LogP contribution is 2.37. The van der Waals surface area contributed by atoms with Crippen molar-refractivity contribution in [3.05, 3.63) is 35.4 Å². The van der Waals surface area contributed by atoms with Gasteiger partial charge in [0.1, 0.15) is 0 Å². The Hall–Kier alpha value is -0.900. The molecule has 4 atom stereocenters. The van der Waals surface area contributed by atoms with Gasteiger partial charge in [0, 0.05) is 31.2 Å². The lowest BCUT2D eigenvalue weighted by molar-refractivity contribution is 0.0552. The molecular weight excluding hydrogens is 248 g/mol. The van der Waals surface area contributed by atoms with E-state index < -0.39 is 0 Å². The maximum Gasteiger partial charge on any atom is 0.0951 e. The van der Waals surface area contributed by atoms with E-state index >= 15 is 0 Å². The van der Waals surface area contributed by atoms with Crippen molar-refractivity contribution >= 4 is 0 Å². The van der Waals surface area contributed by atoms with Crippen LogP contribution in [-0.4, -0.2) is 53.2 Å². The van der Waals surface area contributed by atoms with Crippen LogP contribution in [0.4, 0.5) is 0 Å². The molecule has 3 aliphatic rings. The quantitative estimate of drug-likeness (QED) is 0.844. The van der Waals surface area contributed by atoms with Crippen LogP contribution in [0.5, 0.6) is 0 Å². The van der Waals surface area contributed by atoms with Crippen molar-refractivity contribution in [2.24, 2.45) is 0 Å². The van der Waals surface area contributed by atoms with E-state index in [1.807, 2.05) is 6.07 Å². The molecule has 0 saturated carbocycles. The van der Waals surface area contributed by atoms with E-state index in [2.05, 4.69) is 35.0 Å². The molecule has 0 aromatic heterocycles. The predicted molar refractivity (Wildman–Crippen MR) is 79.7 cm³/mol. The third kappa shape index (κ3) is 1.92. The molecule has 2 aliphatic heterocycles. The van der Waals surface area contributed by atoms with E-state index in [9.17, 15) is 5.11 Å². The second kappa shape index (κ2) is 4.83. The number of hydrogen-bond acceptors (Lipinski definition) is 3. The third-order valence-corrected chi connectivity index (χ3v) is 5.82. The Morgan fingerprint density at radius 2 is 1.90 bits per heavy atom. The van der Waals surface area contributed by atoms with Crippen molar-refractivity contribution < 1.29 is 5.11 Å². The highest BCUT2D eigenvalue weighted by atomic mass is 16.3. The van der Waals surface area contributed by atoms with Gasteiger partial charge in [-0.1, -0.05) is 24.3 Å². The van der Waals surface area contributed by atoms with Crippen LogP contribution in [-0.2, 0) is 6.42 Å². The smallest absolute Gasteiger partial charge is 0.0951 e. The Bertz CT molecular complexity index is 504. The molecule has 1 aromatic carbocycles. The monoisotopic (exact) mass is 272 g/mol. The molecular formula is C17H24N2O. The Morgan fingerprint density at radius 3 is 2.75 bits per heavy atom. The average Bonchev–Trinajstić information content (AvgIpc) is 2.89. The second-order valence-corrected chi connectivity index (χ2v) is 6.75. The fourth-order valence-electron chi connectivity index (χ4n) is 4.52. The molecule has 2 fully saturated rings. The number of aliphatic hydroxyl groups is 1. The maximum atomic E-state index is 10.7. The minimum absolute atomic E-state index is 0.292. The number of benzene rings is 1. The zero-order valence-corrected chi connectivity index (χ0v) is 12.2. The predicted octanol–water partition coefficient (Wildman–Crippen LogP) is 1.81. The Labute approximate surface area is 121 Å². The van der Waals surface area contributed by atoms with Gasteiger partial charge >= 0.3 is 0 Å². The first-order valence-electron chi connectivity index (χ1n) is 7.96. The normalized spacial score (nSPS) is 37.9. The van der Waals surface area contributed by atoms with Gasteiger partial charge in [-0.15, -0.1) is 0 Å². The molecule has 108 valence electrons. The number of rotatable bonds is 1. The molecule has 3 nitrogen and oxygen atoms in total. The lowest BCUT2D eigenvalue weighted by Crippen LogP contribution is -2.44. The van der Waals surface area contributed by atoms with Gasteiger partial charge in [-0.05, 0) is 43.9 Å². The van der Waals surface area contributed by atoms with Gasteiger partial charge < -0.3 is 5.11 Å². The Balaban J connectivity index is 1.55. The number of likely N-dealkylation sites (tertiary alicyclic amines) is 1. The minimum atomic E-state index is -0.298. The highest BCUT2D eigenvalue weighted by Gasteiger charge is 2.40. The summed E-state index contributed by atoms with van der Waals surface area (Å²) in [6.45, 7) is 2.27. The molecule has 0 amide bonds. The van der Waals surface area contributed by atoms with Crippen LogP contribution in [0.15, 0.2) is 24.3 Å². The molecule has 4 rings (SSSR count). The standard InChI is InChI=1S/C17H24N2O/c1-18-13-6-7-14(18)11-19(9-8-13)16-10-12-4-2-3-5-15(12)17(16)20/h2-5,13-14,16-17,20H,6-11H2,1H3. The zero-order valence-electron chi connectivity index (χ0n) is 12.2. The molecule has 0 radical (unpaired) electrons. The molecule has 1 N–H and O–H groups in total. The first-order valence-corrected chi connectivity index (χ1v) is 7.96. The van der Waals surface area contributed by atoms with Crippen molar-refractivity contribution in [2.75, 3.05) is 20.1 Å². The minimum Gasteiger partial charge on any atom is -0.387 e. The summed E-state index contributed by atoms with van der Waals surface area (Å²) in [6.07, 6.45) is 4.66. The summed E-state index contributed by atoms with van der Waals surface area (Å²) < 4.78 is 0. The largest absolute Gasteiger partial charge is 0.387 e. The summed E-state index contributed by atoms with van der Waals surface area (Å²) in [5.41, 5.74) is 2.49. The van der Waals surface area contributed by atoms with Gasteiger partial charge in [0.15, 0.2) is 0 Å². The third-order valence-electron chi connectivity index (χ3n) is 5.82. The van der Waals surface area contributed by atoms with Crippen LogP contribution >= 0.6 is 0 Å².